The number of unbranched alkanes of at least 4 members (excludes halogenated alkanes) is 1. The van der Waals surface area contributed by atoms with Gasteiger partial charge in [0.05, 0.1) is 0 Å². The molecule has 1 rings (SSSR count). The summed E-state index contributed by atoms with van der Waals surface area (Å²) in [5, 5.41) is 5.64. The van der Waals surface area contributed by atoms with E-state index in [2.05, 4.69) is 10.6 Å². The number of carbonyl (C=O) groups is 4. The maximum absolute atomic E-state index is 14.3. The molecular weight excluding hydrogens is 484 g/mol. The van der Waals surface area contributed by atoms with Gasteiger partial charge in [0, 0.05) is 18.5 Å². The fraction of sp³-hybridized carbons (Fsp3) is 0.655. The van der Waals surface area contributed by atoms with Crippen molar-refractivity contribution in [1.82, 2.24) is 15.5 Å². The molecule has 0 radical (unpaired) electrons. The number of primary amides is 1. The van der Waals surface area contributed by atoms with Crippen LogP contribution in [0.15, 0.2) is 18.2 Å². The minimum absolute atomic E-state index is 0.0271. The number of amides is 4. The summed E-state index contributed by atoms with van der Waals surface area (Å²) in [6, 6.07) is 3.61. The Labute approximate surface area is 228 Å². The number of carbonyl (C=O) groups excluding carboxylic acids is 4. The lowest BCUT2D eigenvalue weighted by Gasteiger charge is -2.45. The molecule has 0 aromatic heterocycles. The number of alkyl carbamates (subject to hydrolysis) is 1. The Kier molecular flexibility index (Phi) is 12.3. The van der Waals surface area contributed by atoms with E-state index in [0.717, 1.165) is 24.0 Å². The molecule has 2 atom stereocenters. The Hall–Kier alpha value is -3.10. The van der Waals surface area contributed by atoms with Crippen LogP contribution >= 0.6 is 0 Å². The standard InChI is InChI=1S/C29H48N4O5/c1-10-12-18-31-25(35)24(21-15-13-14-19(3)20(21)4)33(29(8,9)11-2)26(36)22(16-17-23(30)34)32-27(37)38-28(5,6)7/h13-15,22,24H,10-12,16-18H2,1-9H3,(H2,30,34)(H,31,35)(H,32,37). The Morgan fingerprint density at radius 1 is 1.05 bits per heavy atom. The van der Waals surface area contributed by atoms with Crippen molar-refractivity contribution in [3.8, 4) is 0 Å². The topological polar surface area (TPSA) is 131 Å². The number of hydrogen-bond acceptors (Lipinski definition) is 5. The molecule has 38 heavy (non-hydrogen) atoms. The second-order valence-corrected chi connectivity index (χ2v) is 11.4. The molecule has 0 saturated heterocycles. The van der Waals surface area contributed by atoms with Gasteiger partial charge in [-0.05, 0) is 84.4 Å². The van der Waals surface area contributed by atoms with Gasteiger partial charge in [-0.1, -0.05) is 38.5 Å². The molecular formula is C29H48N4O5. The van der Waals surface area contributed by atoms with Crippen LogP contribution < -0.4 is 16.4 Å². The second kappa shape index (κ2) is 14.2. The first kappa shape index (κ1) is 32.9. The van der Waals surface area contributed by atoms with E-state index in [1.807, 2.05) is 59.7 Å². The quantitative estimate of drug-likeness (QED) is 0.323. The zero-order valence-corrected chi connectivity index (χ0v) is 24.7. The van der Waals surface area contributed by atoms with Crippen LogP contribution in [0.3, 0.4) is 0 Å². The molecule has 2 unspecified atom stereocenters. The summed E-state index contributed by atoms with van der Waals surface area (Å²) >= 11 is 0. The Balaban J connectivity index is 3.69. The molecule has 0 aliphatic carbocycles. The van der Waals surface area contributed by atoms with E-state index in [4.69, 9.17) is 10.5 Å². The Morgan fingerprint density at radius 2 is 1.68 bits per heavy atom. The van der Waals surface area contributed by atoms with E-state index in [-0.39, 0.29) is 18.7 Å². The maximum atomic E-state index is 14.3. The van der Waals surface area contributed by atoms with Gasteiger partial charge in [-0.2, -0.15) is 0 Å². The van der Waals surface area contributed by atoms with Crippen LogP contribution in [0.2, 0.25) is 0 Å². The van der Waals surface area contributed by atoms with Crippen LogP contribution in [0.5, 0.6) is 0 Å². The fourth-order valence-electron chi connectivity index (χ4n) is 4.06. The van der Waals surface area contributed by atoms with Crippen LogP contribution in [0.25, 0.3) is 0 Å². The summed E-state index contributed by atoms with van der Waals surface area (Å²) in [5.41, 5.74) is 6.43. The predicted molar refractivity (Wildman–Crippen MR) is 149 cm³/mol. The summed E-state index contributed by atoms with van der Waals surface area (Å²) in [6.45, 7) is 17.3. The fourth-order valence-corrected chi connectivity index (χ4v) is 4.06. The minimum atomic E-state index is -1.13. The first-order valence-corrected chi connectivity index (χ1v) is 13.5. The Bertz CT molecular complexity index is 984. The molecule has 0 heterocycles. The molecule has 0 saturated carbocycles. The Morgan fingerprint density at radius 3 is 2.21 bits per heavy atom. The molecule has 9 nitrogen and oxygen atoms in total. The monoisotopic (exact) mass is 532 g/mol. The third-order valence-corrected chi connectivity index (χ3v) is 6.70. The number of ether oxygens (including phenoxy) is 1. The highest BCUT2D eigenvalue weighted by Crippen LogP contribution is 2.34. The largest absolute Gasteiger partial charge is 0.444 e. The zero-order chi connectivity index (χ0) is 29.3. The molecule has 4 amide bonds. The van der Waals surface area contributed by atoms with Gasteiger partial charge >= 0.3 is 6.09 Å². The smallest absolute Gasteiger partial charge is 0.408 e. The summed E-state index contributed by atoms with van der Waals surface area (Å²) in [7, 11) is 0. The van der Waals surface area contributed by atoms with E-state index in [9.17, 15) is 19.2 Å². The molecule has 0 aliphatic heterocycles. The van der Waals surface area contributed by atoms with Crippen molar-refractivity contribution < 1.29 is 23.9 Å². The number of nitrogens with two attached hydrogens (primary N) is 1. The number of nitrogens with zero attached hydrogens (tertiary/aromatic N) is 1. The molecule has 1 aromatic carbocycles. The highest BCUT2D eigenvalue weighted by molar-refractivity contribution is 5.93. The van der Waals surface area contributed by atoms with Crippen LogP contribution in [0.4, 0.5) is 4.79 Å². The third kappa shape index (κ3) is 9.65. The lowest BCUT2D eigenvalue weighted by atomic mass is 9.89. The highest BCUT2D eigenvalue weighted by atomic mass is 16.6. The second-order valence-electron chi connectivity index (χ2n) is 11.4. The van der Waals surface area contributed by atoms with Gasteiger partial charge in [0.2, 0.25) is 17.7 Å². The van der Waals surface area contributed by atoms with Gasteiger partial charge in [0.15, 0.2) is 0 Å². The van der Waals surface area contributed by atoms with Crippen LogP contribution in [-0.4, -0.2) is 52.4 Å². The van der Waals surface area contributed by atoms with Gasteiger partial charge in [-0.25, -0.2) is 4.79 Å². The number of rotatable bonds is 13. The van der Waals surface area contributed by atoms with Crippen LogP contribution in [0, 0.1) is 13.8 Å². The molecule has 0 spiro atoms. The van der Waals surface area contributed by atoms with Crippen LogP contribution in [0.1, 0.15) is 103 Å². The van der Waals surface area contributed by atoms with Crippen molar-refractivity contribution in [2.24, 2.45) is 5.73 Å². The summed E-state index contributed by atoms with van der Waals surface area (Å²) < 4.78 is 5.39. The van der Waals surface area contributed by atoms with Gasteiger partial charge in [-0.3, -0.25) is 14.4 Å². The molecule has 0 aliphatic rings. The van der Waals surface area contributed by atoms with Gasteiger partial charge in [0.1, 0.15) is 17.7 Å². The average Bonchev–Trinajstić information content (AvgIpc) is 2.80. The van der Waals surface area contributed by atoms with Crippen molar-refractivity contribution in [2.45, 2.75) is 118 Å². The van der Waals surface area contributed by atoms with Gasteiger partial charge < -0.3 is 26.0 Å². The first-order chi connectivity index (χ1) is 17.6. The van der Waals surface area contributed by atoms with E-state index >= 15 is 0 Å². The van der Waals surface area contributed by atoms with Gasteiger partial charge in [0.25, 0.3) is 0 Å². The van der Waals surface area contributed by atoms with E-state index in [1.165, 1.54) is 0 Å². The number of nitrogens with one attached hydrogen (secondary N) is 2. The number of benzene rings is 1. The van der Waals surface area contributed by atoms with Crippen LogP contribution in [-0.2, 0) is 19.1 Å². The predicted octanol–water partition coefficient (Wildman–Crippen LogP) is 4.44. The van der Waals surface area contributed by atoms with E-state index < -0.39 is 41.1 Å². The first-order valence-electron chi connectivity index (χ1n) is 13.5. The van der Waals surface area contributed by atoms with Crippen molar-refractivity contribution in [2.75, 3.05) is 6.54 Å². The average molecular weight is 533 g/mol. The molecule has 214 valence electrons. The third-order valence-electron chi connectivity index (χ3n) is 6.70. The number of aryl methyl sites for hydroxylation is 1. The number of hydrogen-bond donors (Lipinski definition) is 3. The normalized spacial score (nSPS) is 13.3. The van der Waals surface area contributed by atoms with E-state index in [1.54, 1.807) is 25.7 Å². The van der Waals surface area contributed by atoms with Crippen molar-refractivity contribution >= 4 is 23.8 Å². The summed E-state index contributed by atoms with van der Waals surface area (Å²) in [4.78, 5) is 54.0. The minimum Gasteiger partial charge on any atom is -0.444 e. The van der Waals surface area contributed by atoms with E-state index in [0.29, 0.717) is 18.5 Å². The van der Waals surface area contributed by atoms with Crippen molar-refractivity contribution in [1.29, 1.82) is 0 Å². The summed E-state index contributed by atoms with van der Waals surface area (Å²) in [5.74, 6) is -1.38. The molecule has 4 N–H and O–H groups in total. The van der Waals surface area contributed by atoms with Gasteiger partial charge in [-0.15, -0.1) is 0 Å². The molecule has 0 bridgehead atoms. The lowest BCUT2D eigenvalue weighted by Crippen LogP contribution is -2.59. The molecule has 1 aromatic rings. The SMILES string of the molecule is CCCCNC(=O)C(c1cccc(C)c1C)N(C(=O)C(CCC(N)=O)NC(=O)OC(C)(C)C)C(C)(C)CC. The summed E-state index contributed by atoms with van der Waals surface area (Å²) in [6.07, 6.45) is 1.32. The maximum Gasteiger partial charge on any atom is 0.408 e. The zero-order valence-electron chi connectivity index (χ0n) is 24.7. The molecule has 9 heteroatoms. The van der Waals surface area contributed by atoms with Crippen molar-refractivity contribution in [3.63, 3.8) is 0 Å². The van der Waals surface area contributed by atoms with Crippen molar-refractivity contribution in [3.05, 3.63) is 34.9 Å². The molecule has 0 fully saturated rings. The highest BCUT2D eigenvalue weighted by Gasteiger charge is 2.43. The lowest BCUT2D eigenvalue weighted by molar-refractivity contribution is -0.149.